The predicted octanol–water partition coefficient (Wildman–Crippen LogP) is 2.33. The number of hydrazine groups is 1. The highest BCUT2D eigenvalue weighted by Crippen LogP contribution is 2.18. The number of nitrogens with two attached hydrogens (primary N) is 1. The van der Waals surface area contributed by atoms with Crippen molar-refractivity contribution in [2.75, 3.05) is 7.11 Å². The Hall–Kier alpha value is -0.420. The molecule has 0 radical (unpaired) electrons. The van der Waals surface area contributed by atoms with E-state index in [9.17, 15) is 0 Å². The fourth-order valence-electron chi connectivity index (χ4n) is 1.56. The Morgan fingerprint density at radius 1 is 1.56 bits per heavy atom. The predicted molar refractivity (Wildman–Crippen MR) is 69.5 cm³/mol. The quantitative estimate of drug-likeness (QED) is 0.570. The van der Waals surface area contributed by atoms with Crippen LogP contribution < -0.4 is 11.3 Å². The third-order valence-electron chi connectivity index (χ3n) is 2.95. The Balaban J connectivity index is 2.38. The van der Waals surface area contributed by atoms with E-state index in [0.717, 1.165) is 19.3 Å². The maximum absolute atomic E-state index is 5.57. The first-order valence-electron chi connectivity index (χ1n) is 5.60. The molecule has 0 aromatic carbocycles. The second-order valence-electron chi connectivity index (χ2n) is 4.70. The molecule has 16 heavy (non-hydrogen) atoms. The van der Waals surface area contributed by atoms with E-state index >= 15 is 0 Å². The lowest BCUT2D eigenvalue weighted by Gasteiger charge is -2.25. The average Bonchev–Trinajstić information content (AvgIpc) is 2.77. The standard InChI is InChI=1S/C12H22N2OS/c1-12(2,15-3)6-4-11(14-13)8-10-5-7-16-9-10/h5,7,9,11,14H,4,6,8,13H2,1-3H3. The molecule has 0 aliphatic carbocycles. The van der Waals surface area contributed by atoms with Gasteiger partial charge >= 0.3 is 0 Å². The highest BCUT2D eigenvalue weighted by atomic mass is 32.1. The van der Waals surface area contributed by atoms with Crippen molar-refractivity contribution in [1.82, 2.24) is 5.43 Å². The topological polar surface area (TPSA) is 47.3 Å². The van der Waals surface area contributed by atoms with Crippen LogP contribution in [0.1, 0.15) is 32.3 Å². The molecule has 1 atom stereocenters. The minimum absolute atomic E-state index is 0.0657. The lowest BCUT2D eigenvalue weighted by Crippen LogP contribution is -2.38. The van der Waals surface area contributed by atoms with Crippen LogP contribution in [0.25, 0.3) is 0 Å². The van der Waals surface area contributed by atoms with Gasteiger partial charge in [0, 0.05) is 13.2 Å². The summed E-state index contributed by atoms with van der Waals surface area (Å²) >= 11 is 1.73. The molecule has 3 nitrogen and oxygen atoms in total. The van der Waals surface area contributed by atoms with Crippen LogP contribution in [0.3, 0.4) is 0 Å². The van der Waals surface area contributed by atoms with Gasteiger partial charge in [-0.2, -0.15) is 11.3 Å². The van der Waals surface area contributed by atoms with Gasteiger partial charge in [-0.3, -0.25) is 11.3 Å². The minimum Gasteiger partial charge on any atom is -0.379 e. The molecule has 0 saturated carbocycles. The number of ether oxygens (including phenoxy) is 1. The van der Waals surface area contributed by atoms with Gasteiger partial charge in [0.2, 0.25) is 0 Å². The normalized spacial score (nSPS) is 14.0. The molecule has 0 fully saturated rings. The summed E-state index contributed by atoms with van der Waals surface area (Å²) in [6.07, 6.45) is 3.01. The Labute approximate surface area is 102 Å². The van der Waals surface area contributed by atoms with Gasteiger partial charge in [-0.05, 0) is 55.5 Å². The van der Waals surface area contributed by atoms with Gasteiger partial charge in [0.25, 0.3) is 0 Å². The first-order chi connectivity index (χ1) is 7.57. The zero-order valence-corrected chi connectivity index (χ0v) is 11.1. The lowest BCUT2D eigenvalue weighted by atomic mass is 9.96. The van der Waals surface area contributed by atoms with Gasteiger partial charge in [-0.25, -0.2) is 0 Å². The van der Waals surface area contributed by atoms with Crippen LogP contribution in [0.5, 0.6) is 0 Å². The molecule has 4 heteroatoms. The van der Waals surface area contributed by atoms with Crippen LogP contribution in [-0.4, -0.2) is 18.8 Å². The summed E-state index contributed by atoms with van der Waals surface area (Å²) in [5.74, 6) is 5.57. The van der Waals surface area contributed by atoms with E-state index in [4.69, 9.17) is 10.6 Å². The zero-order valence-electron chi connectivity index (χ0n) is 10.3. The molecule has 0 saturated heterocycles. The summed E-state index contributed by atoms with van der Waals surface area (Å²) in [4.78, 5) is 0. The van der Waals surface area contributed by atoms with Crippen molar-refractivity contribution >= 4 is 11.3 Å². The molecule has 1 heterocycles. The number of hydrogen-bond acceptors (Lipinski definition) is 4. The molecular weight excluding hydrogens is 220 g/mol. The second kappa shape index (κ2) is 6.35. The highest BCUT2D eigenvalue weighted by Gasteiger charge is 2.18. The van der Waals surface area contributed by atoms with Crippen molar-refractivity contribution < 1.29 is 4.74 Å². The van der Waals surface area contributed by atoms with E-state index in [1.54, 1.807) is 18.4 Å². The molecule has 0 spiro atoms. The summed E-state index contributed by atoms with van der Waals surface area (Å²) in [7, 11) is 1.75. The van der Waals surface area contributed by atoms with Crippen molar-refractivity contribution in [3.8, 4) is 0 Å². The van der Waals surface area contributed by atoms with Crippen LogP contribution in [0, 0.1) is 0 Å². The monoisotopic (exact) mass is 242 g/mol. The van der Waals surface area contributed by atoms with Crippen LogP contribution in [0.2, 0.25) is 0 Å². The van der Waals surface area contributed by atoms with Crippen molar-refractivity contribution in [3.63, 3.8) is 0 Å². The third-order valence-corrected chi connectivity index (χ3v) is 3.68. The van der Waals surface area contributed by atoms with Crippen LogP contribution in [0.15, 0.2) is 16.8 Å². The van der Waals surface area contributed by atoms with E-state index in [0.29, 0.717) is 6.04 Å². The van der Waals surface area contributed by atoms with Crippen LogP contribution in [0.4, 0.5) is 0 Å². The number of methoxy groups -OCH3 is 1. The summed E-state index contributed by atoms with van der Waals surface area (Å²) in [6, 6.07) is 2.47. The van der Waals surface area contributed by atoms with Crippen molar-refractivity contribution in [2.24, 2.45) is 5.84 Å². The first-order valence-corrected chi connectivity index (χ1v) is 6.54. The Kier molecular flexibility index (Phi) is 5.41. The second-order valence-corrected chi connectivity index (χ2v) is 5.48. The molecule has 92 valence electrons. The van der Waals surface area contributed by atoms with Gasteiger partial charge in [0.1, 0.15) is 0 Å². The van der Waals surface area contributed by atoms with E-state index in [2.05, 4.69) is 36.1 Å². The molecule has 1 aromatic heterocycles. The van der Waals surface area contributed by atoms with E-state index in [-0.39, 0.29) is 5.60 Å². The SMILES string of the molecule is COC(C)(C)CCC(Cc1ccsc1)NN. The largest absolute Gasteiger partial charge is 0.379 e. The molecule has 0 aliphatic rings. The summed E-state index contributed by atoms with van der Waals surface area (Å²) in [5.41, 5.74) is 4.17. The minimum atomic E-state index is -0.0657. The van der Waals surface area contributed by atoms with Gasteiger partial charge in [-0.1, -0.05) is 0 Å². The van der Waals surface area contributed by atoms with Crippen molar-refractivity contribution in [3.05, 3.63) is 22.4 Å². The Morgan fingerprint density at radius 2 is 2.31 bits per heavy atom. The van der Waals surface area contributed by atoms with Crippen LogP contribution in [-0.2, 0) is 11.2 Å². The summed E-state index contributed by atoms with van der Waals surface area (Å²) in [6.45, 7) is 4.20. The molecule has 1 unspecified atom stereocenters. The molecular formula is C12H22N2OS. The van der Waals surface area contributed by atoms with Gasteiger partial charge in [0.05, 0.1) is 5.60 Å². The summed E-state index contributed by atoms with van der Waals surface area (Å²) in [5, 5.41) is 4.27. The number of rotatable bonds is 7. The van der Waals surface area contributed by atoms with Gasteiger partial charge in [-0.15, -0.1) is 0 Å². The van der Waals surface area contributed by atoms with Crippen LogP contribution >= 0.6 is 11.3 Å². The third kappa shape index (κ3) is 4.61. The van der Waals surface area contributed by atoms with E-state index in [1.807, 2.05) is 0 Å². The smallest absolute Gasteiger partial charge is 0.0623 e. The molecule has 0 aliphatic heterocycles. The number of hydrogen-bond donors (Lipinski definition) is 2. The molecule has 1 rings (SSSR count). The van der Waals surface area contributed by atoms with Crippen molar-refractivity contribution in [1.29, 1.82) is 0 Å². The van der Waals surface area contributed by atoms with E-state index < -0.39 is 0 Å². The highest BCUT2D eigenvalue weighted by molar-refractivity contribution is 7.07. The fourth-order valence-corrected chi connectivity index (χ4v) is 2.24. The van der Waals surface area contributed by atoms with Crippen molar-refractivity contribution in [2.45, 2.75) is 44.8 Å². The first kappa shape index (κ1) is 13.6. The molecule has 0 amide bonds. The van der Waals surface area contributed by atoms with Gasteiger partial charge < -0.3 is 4.74 Å². The number of thiophene rings is 1. The van der Waals surface area contributed by atoms with E-state index in [1.165, 1.54) is 5.56 Å². The fraction of sp³-hybridized carbons (Fsp3) is 0.667. The lowest BCUT2D eigenvalue weighted by molar-refractivity contribution is 0.0117. The maximum atomic E-state index is 5.57. The number of nitrogens with one attached hydrogen (secondary N) is 1. The zero-order chi connectivity index (χ0) is 12.0. The Morgan fingerprint density at radius 3 is 2.81 bits per heavy atom. The maximum Gasteiger partial charge on any atom is 0.0623 e. The Bertz CT molecular complexity index is 285. The summed E-state index contributed by atoms with van der Waals surface area (Å²) < 4.78 is 5.40. The molecule has 3 N–H and O–H groups in total. The molecule has 0 bridgehead atoms. The van der Waals surface area contributed by atoms with Gasteiger partial charge in [0.15, 0.2) is 0 Å². The average molecular weight is 242 g/mol. The molecule has 1 aromatic rings.